The first kappa shape index (κ1) is 17.8. The van der Waals surface area contributed by atoms with Crippen LogP contribution in [0.15, 0.2) is 42.5 Å². The molecule has 0 saturated carbocycles. The largest absolute Gasteiger partial charge is 0.497 e. The molecule has 0 aliphatic carbocycles. The van der Waals surface area contributed by atoms with Crippen molar-refractivity contribution in [1.82, 2.24) is 4.90 Å². The Morgan fingerprint density at radius 3 is 2.50 bits per heavy atom. The van der Waals surface area contributed by atoms with E-state index in [1.807, 2.05) is 18.2 Å². The van der Waals surface area contributed by atoms with E-state index in [4.69, 9.17) is 9.47 Å². The van der Waals surface area contributed by atoms with Crippen LogP contribution in [0.5, 0.6) is 11.5 Å². The van der Waals surface area contributed by atoms with Gasteiger partial charge < -0.3 is 19.7 Å². The molecule has 1 N–H and O–H groups in total. The number of methoxy groups -OCH3 is 1. The zero-order chi connectivity index (χ0) is 18.5. The van der Waals surface area contributed by atoms with Crippen LogP contribution in [-0.4, -0.2) is 37.0 Å². The van der Waals surface area contributed by atoms with Crippen LogP contribution in [0.4, 0.5) is 5.69 Å². The number of hydrogen-bond acceptors (Lipinski definition) is 4. The first-order chi connectivity index (χ1) is 12.5. The summed E-state index contributed by atoms with van der Waals surface area (Å²) in [6.45, 7) is 2.82. The van der Waals surface area contributed by atoms with E-state index in [-0.39, 0.29) is 18.4 Å². The highest BCUT2D eigenvalue weighted by atomic mass is 16.5. The monoisotopic (exact) mass is 354 g/mol. The van der Waals surface area contributed by atoms with E-state index >= 15 is 0 Å². The normalized spacial score (nSPS) is 12.9. The second-order valence-corrected chi connectivity index (χ2v) is 6.19. The summed E-state index contributed by atoms with van der Waals surface area (Å²) in [5.74, 6) is 1.16. The minimum absolute atomic E-state index is 0.0676. The van der Waals surface area contributed by atoms with Crippen LogP contribution in [0.25, 0.3) is 0 Å². The molecule has 1 heterocycles. The molecular formula is C20H22N2O4. The quantitative estimate of drug-likeness (QED) is 0.896. The predicted molar refractivity (Wildman–Crippen MR) is 98.4 cm³/mol. The minimum atomic E-state index is -0.236. The van der Waals surface area contributed by atoms with Gasteiger partial charge in [-0.3, -0.25) is 9.59 Å². The molecule has 0 bridgehead atoms. The van der Waals surface area contributed by atoms with Crippen molar-refractivity contribution < 1.29 is 19.1 Å². The highest BCUT2D eigenvalue weighted by Crippen LogP contribution is 2.23. The van der Waals surface area contributed by atoms with Gasteiger partial charge >= 0.3 is 0 Å². The van der Waals surface area contributed by atoms with Gasteiger partial charge in [0.1, 0.15) is 11.5 Å². The average Bonchev–Trinajstić information content (AvgIpc) is 2.66. The van der Waals surface area contributed by atoms with Gasteiger partial charge in [-0.05, 0) is 53.9 Å². The summed E-state index contributed by atoms with van der Waals surface area (Å²) >= 11 is 0. The van der Waals surface area contributed by atoms with Crippen LogP contribution in [0, 0.1) is 0 Å². The lowest BCUT2D eigenvalue weighted by Gasteiger charge is -2.28. The Kier molecular flexibility index (Phi) is 5.41. The fourth-order valence-corrected chi connectivity index (χ4v) is 2.92. The molecule has 136 valence electrons. The number of hydrogen-bond donors (Lipinski definition) is 1. The number of ether oxygens (including phenoxy) is 2. The van der Waals surface area contributed by atoms with Gasteiger partial charge in [0, 0.05) is 25.7 Å². The Labute approximate surface area is 152 Å². The second-order valence-electron chi connectivity index (χ2n) is 6.19. The number of fused-ring (bicyclic) bond motifs is 1. The molecule has 1 aliphatic heterocycles. The Morgan fingerprint density at radius 2 is 1.81 bits per heavy atom. The van der Waals surface area contributed by atoms with Gasteiger partial charge in [-0.1, -0.05) is 6.07 Å². The highest BCUT2D eigenvalue weighted by Gasteiger charge is 2.18. The molecule has 2 aromatic carbocycles. The van der Waals surface area contributed by atoms with Crippen molar-refractivity contribution in [3.63, 3.8) is 0 Å². The fourth-order valence-electron chi connectivity index (χ4n) is 2.92. The van der Waals surface area contributed by atoms with Crippen LogP contribution >= 0.6 is 0 Å². The molecule has 0 fully saturated rings. The highest BCUT2D eigenvalue weighted by molar-refractivity contribution is 5.92. The lowest BCUT2D eigenvalue weighted by Crippen LogP contribution is -2.34. The number of carbonyl (C=O) groups is 2. The van der Waals surface area contributed by atoms with Crippen molar-refractivity contribution >= 4 is 17.5 Å². The Morgan fingerprint density at radius 1 is 1.08 bits per heavy atom. The topological polar surface area (TPSA) is 67.9 Å². The van der Waals surface area contributed by atoms with Crippen molar-refractivity contribution in [2.75, 3.05) is 25.6 Å². The molecule has 6 nitrogen and oxygen atoms in total. The van der Waals surface area contributed by atoms with E-state index in [9.17, 15) is 9.59 Å². The maximum absolute atomic E-state index is 12.1. The van der Waals surface area contributed by atoms with Crippen LogP contribution in [0.2, 0.25) is 0 Å². The van der Waals surface area contributed by atoms with E-state index < -0.39 is 0 Å². The van der Waals surface area contributed by atoms with Crippen molar-refractivity contribution in [2.45, 2.75) is 19.9 Å². The van der Waals surface area contributed by atoms with Crippen molar-refractivity contribution in [2.24, 2.45) is 0 Å². The number of carbonyl (C=O) groups excluding carboxylic acids is 2. The molecule has 1 aliphatic rings. The molecule has 0 unspecified atom stereocenters. The standard InChI is InChI=1S/C20H22N2O4/c1-14(23)22-10-9-15-3-4-17(11-16(15)12-22)21-20(24)13-26-19-7-5-18(25-2)6-8-19/h3-8,11H,9-10,12-13H2,1-2H3,(H,21,24). The predicted octanol–water partition coefficient (Wildman–Crippen LogP) is 2.62. The van der Waals surface area contributed by atoms with Crippen molar-refractivity contribution in [1.29, 1.82) is 0 Å². The lowest BCUT2D eigenvalue weighted by molar-refractivity contribution is -0.129. The molecule has 0 aromatic heterocycles. The first-order valence-electron chi connectivity index (χ1n) is 8.49. The molecule has 0 atom stereocenters. The SMILES string of the molecule is COc1ccc(OCC(=O)Nc2ccc3c(c2)CN(C(C)=O)CC3)cc1. The maximum Gasteiger partial charge on any atom is 0.262 e. The van der Waals surface area contributed by atoms with Gasteiger partial charge in [0.2, 0.25) is 5.91 Å². The molecule has 0 saturated heterocycles. The summed E-state index contributed by atoms with van der Waals surface area (Å²) < 4.78 is 10.6. The Balaban J connectivity index is 1.57. The summed E-state index contributed by atoms with van der Waals surface area (Å²) in [5.41, 5.74) is 2.99. The number of nitrogens with zero attached hydrogens (tertiary/aromatic N) is 1. The molecule has 26 heavy (non-hydrogen) atoms. The number of anilines is 1. The minimum Gasteiger partial charge on any atom is -0.497 e. The zero-order valence-corrected chi connectivity index (χ0v) is 15.0. The van der Waals surface area contributed by atoms with E-state index in [0.29, 0.717) is 18.0 Å². The number of rotatable bonds is 5. The third kappa shape index (κ3) is 4.33. The Hall–Kier alpha value is -3.02. The molecule has 0 spiro atoms. The summed E-state index contributed by atoms with van der Waals surface area (Å²) in [4.78, 5) is 25.5. The van der Waals surface area contributed by atoms with Gasteiger partial charge in [-0.15, -0.1) is 0 Å². The molecule has 3 rings (SSSR count). The fraction of sp³-hybridized carbons (Fsp3) is 0.300. The third-order valence-electron chi connectivity index (χ3n) is 4.38. The van der Waals surface area contributed by atoms with Gasteiger partial charge in [0.15, 0.2) is 6.61 Å². The zero-order valence-electron chi connectivity index (χ0n) is 15.0. The molecule has 0 radical (unpaired) electrons. The molecule has 6 heteroatoms. The van der Waals surface area contributed by atoms with E-state index in [1.54, 1.807) is 43.2 Å². The summed E-state index contributed by atoms with van der Waals surface area (Å²) in [7, 11) is 1.59. The molecular weight excluding hydrogens is 332 g/mol. The van der Waals surface area contributed by atoms with Gasteiger partial charge in [0.25, 0.3) is 5.91 Å². The Bertz CT molecular complexity index is 802. The van der Waals surface area contributed by atoms with Gasteiger partial charge in [-0.2, -0.15) is 0 Å². The number of amides is 2. The molecule has 2 amide bonds. The van der Waals surface area contributed by atoms with E-state index in [0.717, 1.165) is 24.3 Å². The van der Waals surface area contributed by atoms with Crippen LogP contribution in [0.1, 0.15) is 18.1 Å². The first-order valence-corrected chi connectivity index (χ1v) is 8.49. The smallest absolute Gasteiger partial charge is 0.262 e. The van der Waals surface area contributed by atoms with Crippen molar-refractivity contribution in [3.05, 3.63) is 53.6 Å². The van der Waals surface area contributed by atoms with Crippen LogP contribution < -0.4 is 14.8 Å². The number of nitrogens with one attached hydrogen (secondary N) is 1. The second kappa shape index (κ2) is 7.91. The third-order valence-corrected chi connectivity index (χ3v) is 4.38. The van der Waals surface area contributed by atoms with Crippen LogP contribution in [-0.2, 0) is 22.6 Å². The summed E-state index contributed by atoms with van der Waals surface area (Å²) in [5, 5.41) is 2.84. The number of benzene rings is 2. The van der Waals surface area contributed by atoms with Crippen LogP contribution in [0.3, 0.4) is 0 Å². The lowest BCUT2D eigenvalue weighted by atomic mass is 9.99. The van der Waals surface area contributed by atoms with Gasteiger partial charge in [-0.25, -0.2) is 0 Å². The van der Waals surface area contributed by atoms with E-state index in [2.05, 4.69) is 5.32 Å². The maximum atomic E-state index is 12.1. The average molecular weight is 354 g/mol. The van der Waals surface area contributed by atoms with Gasteiger partial charge in [0.05, 0.1) is 7.11 Å². The van der Waals surface area contributed by atoms with Crippen molar-refractivity contribution in [3.8, 4) is 11.5 Å². The molecule has 2 aromatic rings. The van der Waals surface area contributed by atoms with E-state index in [1.165, 1.54) is 5.56 Å². The summed E-state index contributed by atoms with van der Waals surface area (Å²) in [6, 6.07) is 12.9. The summed E-state index contributed by atoms with van der Waals surface area (Å²) in [6.07, 6.45) is 0.837.